The molecule has 0 aliphatic carbocycles. The van der Waals surface area contributed by atoms with Gasteiger partial charge in [0.2, 0.25) is 11.7 Å². The van der Waals surface area contributed by atoms with Crippen LogP contribution in [0.25, 0.3) is 0 Å². The van der Waals surface area contributed by atoms with E-state index in [-0.39, 0.29) is 13.0 Å². The number of aromatic nitrogens is 2. The molecule has 2 rings (SSSR count). The zero-order chi connectivity index (χ0) is 15.1. The van der Waals surface area contributed by atoms with E-state index in [4.69, 9.17) is 4.74 Å². The molecule has 0 saturated carbocycles. The van der Waals surface area contributed by atoms with Gasteiger partial charge in [-0.25, -0.2) is 4.79 Å². The number of benzene rings is 1. The Bertz CT molecular complexity index is 611. The van der Waals surface area contributed by atoms with Crippen molar-refractivity contribution in [3.63, 3.8) is 0 Å². The first-order valence-electron chi connectivity index (χ1n) is 6.44. The highest BCUT2D eigenvalue weighted by atomic mass is 16.5. The van der Waals surface area contributed by atoms with Crippen molar-refractivity contribution in [3.05, 3.63) is 48.2 Å². The summed E-state index contributed by atoms with van der Waals surface area (Å²) in [6.07, 6.45) is -0.141. The maximum absolute atomic E-state index is 11.5. The molecule has 0 saturated heterocycles. The SMILES string of the molecule is CCOC(=O)C(=O)Cc1ccc(Oc2ccccc2)nn1. The minimum Gasteiger partial charge on any atom is -0.460 e. The van der Waals surface area contributed by atoms with Gasteiger partial charge in [-0.05, 0) is 25.1 Å². The number of esters is 1. The Morgan fingerprint density at radius 2 is 1.81 bits per heavy atom. The molecule has 21 heavy (non-hydrogen) atoms. The van der Waals surface area contributed by atoms with Crippen LogP contribution in [0.4, 0.5) is 0 Å². The second-order valence-corrected chi connectivity index (χ2v) is 4.10. The second-order valence-electron chi connectivity index (χ2n) is 4.10. The predicted octanol–water partition coefficient (Wildman–Crippen LogP) is 1.94. The molecule has 1 aromatic heterocycles. The minimum absolute atomic E-state index is 0.141. The highest BCUT2D eigenvalue weighted by Crippen LogP contribution is 2.17. The molecule has 0 radical (unpaired) electrons. The summed E-state index contributed by atoms with van der Waals surface area (Å²) in [5.74, 6) is -0.553. The predicted molar refractivity (Wildman–Crippen MR) is 73.9 cm³/mol. The van der Waals surface area contributed by atoms with Crippen molar-refractivity contribution in [3.8, 4) is 11.6 Å². The number of carbonyl (C=O) groups excluding carboxylic acids is 2. The number of ether oxygens (including phenoxy) is 2. The van der Waals surface area contributed by atoms with E-state index in [1.165, 1.54) is 0 Å². The van der Waals surface area contributed by atoms with Crippen molar-refractivity contribution < 1.29 is 19.1 Å². The van der Waals surface area contributed by atoms with E-state index in [2.05, 4.69) is 14.9 Å². The molecule has 0 aliphatic heterocycles. The van der Waals surface area contributed by atoms with Gasteiger partial charge < -0.3 is 9.47 Å². The Hall–Kier alpha value is -2.76. The third-order valence-corrected chi connectivity index (χ3v) is 2.51. The highest BCUT2D eigenvalue weighted by Gasteiger charge is 2.16. The number of nitrogens with zero attached hydrogens (tertiary/aromatic N) is 2. The van der Waals surface area contributed by atoms with Gasteiger partial charge in [0.05, 0.1) is 18.7 Å². The van der Waals surface area contributed by atoms with Gasteiger partial charge in [-0.15, -0.1) is 5.10 Å². The summed E-state index contributed by atoms with van der Waals surface area (Å²) in [6.45, 7) is 1.81. The fourth-order valence-electron chi connectivity index (χ4n) is 1.55. The molecule has 0 unspecified atom stereocenters. The van der Waals surface area contributed by atoms with Crippen molar-refractivity contribution in [2.75, 3.05) is 6.61 Å². The Labute approximate surface area is 121 Å². The first-order valence-corrected chi connectivity index (χ1v) is 6.44. The van der Waals surface area contributed by atoms with Gasteiger partial charge >= 0.3 is 5.97 Å². The van der Waals surface area contributed by atoms with Crippen molar-refractivity contribution >= 4 is 11.8 Å². The van der Waals surface area contributed by atoms with Gasteiger partial charge in [0.25, 0.3) is 0 Å². The van der Waals surface area contributed by atoms with Crippen molar-refractivity contribution in [1.29, 1.82) is 0 Å². The van der Waals surface area contributed by atoms with Gasteiger partial charge in [-0.2, -0.15) is 5.10 Å². The van der Waals surface area contributed by atoms with Crippen LogP contribution in [-0.2, 0) is 20.7 Å². The molecule has 2 aromatic rings. The molecule has 108 valence electrons. The molecular formula is C15H14N2O4. The molecule has 0 aliphatic rings. The van der Waals surface area contributed by atoms with Crippen molar-refractivity contribution in [1.82, 2.24) is 10.2 Å². The average Bonchev–Trinajstić information content (AvgIpc) is 2.50. The van der Waals surface area contributed by atoms with Gasteiger partial charge in [-0.3, -0.25) is 4.79 Å². The van der Waals surface area contributed by atoms with Crippen LogP contribution in [-0.4, -0.2) is 28.6 Å². The van der Waals surface area contributed by atoms with Crippen molar-refractivity contribution in [2.45, 2.75) is 13.3 Å². The van der Waals surface area contributed by atoms with Gasteiger partial charge in [0, 0.05) is 6.07 Å². The normalized spacial score (nSPS) is 9.95. The molecular weight excluding hydrogens is 272 g/mol. The monoisotopic (exact) mass is 286 g/mol. The minimum atomic E-state index is -0.857. The van der Waals surface area contributed by atoms with Crippen LogP contribution in [0.5, 0.6) is 11.6 Å². The zero-order valence-corrected chi connectivity index (χ0v) is 11.5. The third-order valence-electron chi connectivity index (χ3n) is 2.51. The Kier molecular flexibility index (Phi) is 4.98. The molecule has 6 nitrogen and oxygen atoms in total. The molecule has 1 heterocycles. The molecule has 6 heteroatoms. The van der Waals surface area contributed by atoms with Crippen LogP contribution in [0, 0.1) is 0 Å². The number of hydrogen-bond acceptors (Lipinski definition) is 6. The maximum atomic E-state index is 11.5. The van der Waals surface area contributed by atoms with E-state index in [0.29, 0.717) is 17.3 Å². The summed E-state index contributed by atoms with van der Waals surface area (Å²) in [7, 11) is 0. The number of rotatable bonds is 6. The summed E-state index contributed by atoms with van der Waals surface area (Å²) in [5, 5.41) is 7.71. The van der Waals surface area contributed by atoms with Crippen LogP contribution < -0.4 is 4.74 Å². The van der Waals surface area contributed by atoms with E-state index < -0.39 is 11.8 Å². The van der Waals surface area contributed by atoms with Gasteiger partial charge in [0.15, 0.2) is 0 Å². The molecule has 0 bridgehead atoms. The first kappa shape index (κ1) is 14.6. The third kappa shape index (κ3) is 4.38. The van der Waals surface area contributed by atoms with Crippen LogP contribution in [0.1, 0.15) is 12.6 Å². The maximum Gasteiger partial charge on any atom is 0.375 e. The van der Waals surface area contributed by atoms with Gasteiger partial charge in [0.1, 0.15) is 5.75 Å². The lowest BCUT2D eigenvalue weighted by molar-refractivity contribution is -0.153. The van der Waals surface area contributed by atoms with E-state index in [1.807, 2.05) is 18.2 Å². The topological polar surface area (TPSA) is 78.4 Å². The largest absolute Gasteiger partial charge is 0.460 e. The number of para-hydroxylation sites is 1. The molecule has 0 amide bonds. The Balaban J connectivity index is 1.96. The van der Waals surface area contributed by atoms with E-state index in [0.717, 1.165) is 0 Å². The van der Waals surface area contributed by atoms with E-state index >= 15 is 0 Å². The van der Waals surface area contributed by atoms with Crippen molar-refractivity contribution in [2.24, 2.45) is 0 Å². The highest BCUT2D eigenvalue weighted by molar-refractivity contribution is 6.34. The lowest BCUT2D eigenvalue weighted by Crippen LogP contribution is -2.20. The molecule has 0 N–H and O–H groups in total. The summed E-state index contributed by atoms with van der Waals surface area (Å²) >= 11 is 0. The van der Waals surface area contributed by atoms with E-state index in [9.17, 15) is 9.59 Å². The summed E-state index contributed by atoms with van der Waals surface area (Å²) in [4.78, 5) is 22.7. The molecule has 0 atom stereocenters. The zero-order valence-electron chi connectivity index (χ0n) is 11.5. The molecule has 0 fully saturated rings. The smallest absolute Gasteiger partial charge is 0.375 e. The van der Waals surface area contributed by atoms with Crippen LogP contribution in [0.15, 0.2) is 42.5 Å². The molecule has 1 aromatic carbocycles. The number of ketones is 1. The Morgan fingerprint density at radius 1 is 1.05 bits per heavy atom. The molecule has 0 spiro atoms. The van der Waals surface area contributed by atoms with Crippen LogP contribution >= 0.6 is 0 Å². The summed E-state index contributed by atoms with van der Waals surface area (Å²) in [5.41, 5.74) is 0.383. The lowest BCUT2D eigenvalue weighted by Gasteiger charge is -2.04. The van der Waals surface area contributed by atoms with E-state index in [1.54, 1.807) is 31.2 Å². The fraction of sp³-hybridized carbons (Fsp3) is 0.200. The van der Waals surface area contributed by atoms with Crippen LogP contribution in [0.3, 0.4) is 0 Å². The standard InChI is InChI=1S/C15H14N2O4/c1-2-20-15(19)13(18)10-11-8-9-14(17-16-11)21-12-6-4-3-5-7-12/h3-9H,2,10H2,1H3. The summed E-state index contributed by atoms with van der Waals surface area (Å²) in [6, 6.07) is 12.3. The number of carbonyl (C=O) groups is 2. The average molecular weight is 286 g/mol. The lowest BCUT2D eigenvalue weighted by atomic mass is 10.2. The second kappa shape index (κ2) is 7.14. The first-order chi connectivity index (χ1) is 10.2. The number of Topliss-reactive ketones (excluding diaryl/α,β-unsaturated/α-hetero) is 1. The Morgan fingerprint density at radius 3 is 2.43 bits per heavy atom. The quantitative estimate of drug-likeness (QED) is 0.596. The number of hydrogen-bond donors (Lipinski definition) is 0. The fourth-order valence-corrected chi connectivity index (χ4v) is 1.55. The van der Waals surface area contributed by atoms with Gasteiger partial charge in [-0.1, -0.05) is 18.2 Å². The van der Waals surface area contributed by atoms with Crippen LogP contribution in [0.2, 0.25) is 0 Å². The summed E-state index contributed by atoms with van der Waals surface area (Å²) < 4.78 is 10.1.